The summed E-state index contributed by atoms with van der Waals surface area (Å²) in [6.07, 6.45) is 16.7. The lowest BCUT2D eigenvalue weighted by Gasteiger charge is -2.56. The van der Waals surface area contributed by atoms with Crippen LogP contribution in [0.5, 0.6) is 0 Å². The highest BCUT2D eigenvalue weighted by Crippen LogP contribution is 2.60. The van der Waals surface area contributed by atoms with E-state index in [9.17, 15) is 4.79 Å². The summed E-state index contributed by atoms with van der Waals surface area (Å²) in [4.78, 5) is 28.8. The lowest BCUT2D eigenvalue weighted by atomic mass is 9.49. The van der Waals surface area contributed by atoms with Gasteiger partial charge in [0.2, 0.25) is 5.91 Å². The molecule has 0 radical (unpaired) electrons. The third-order valence-electron chi connectivity index (χ3n) is 9.75. The van der Waals surface area contributed by atoms with Gasteiger partial charge in [0.15, 0.2) is 0 Å². The van der Waals surface area contributed by atoms with E-state index in [0.29, 0.717) is 17.7 Å². The van der Waals surface area contributed by atoms with Gasteiger partial charge in [-0.3, -0.25) is 4.79 Å². The summed E-state index contributed by atoms with van der Waals surface area (Å²) in [5.74, 6) is 4.62. The number of aromatic nitrogens is 2. The Kier molecular flexibility index (Phi) is 5.50. The lowest BCUT2D eigenvalue weighted by Crippen LogP contribution is -2.49. The lowest BCUT2D eigenvalue weighted by molar-refractivity contribution is -0.131. The minimum atomic E-state index is 0.203. The molecular weight excluding hydrogens is 458 g/mol. The number of hydrogen-bond acceptors (Lipinski definition) is 5. The number of nitrogens with zero attached hydrogens (tertiary/aromatic N) is 3. The Hall–Kier alpha value is -1.14. The topological polar surface area (TPSA) is 46.1 Å². The number of thioether (sulfide) groups is 1. The summed E-state index contributed by atoms with van der Waals surface area (Å²) in [7, 11) is 0. The van der Waals surface area contributed by atoms with E-state index in [0.717, 1.165) is 54.4 Å². The second kappa shape index (κ2) is 8.47. The van der Waals surface area contributed by atoms with Crippen molar-refractivity contribution in [1.29, 1.82) is 0 Å². The van der Waals surface area contributed by atoms with E-state index in [1.54, 1.807) is 11.8 Å². The van der Waals surface area contributed by atoms with Crippen molar-refractivity contribution in [1.82, 2.24) is 14.9 Å². The molecule has 5 aliphatic carbocycles. The van der Waals surface area contributed by atoms with Crippen molar-refractivity contribution in [2.75, 3.05) is 12.3 Å². The zero-order chi connectivity index (χ0) is 22.9. The number of thiophene rings is 1. The molecule has 34 heavy (non-hydrogen) atoms. The number of carbonyl (C=O) groups is 1. The molecule has 6 heteroatoms. The second-order valence-corrected chi connectivity index (χ2v) is 14.2. The van der Waals surface area contributed by atoms with Crippen molar-refractivity contribution in [3.05, 3.63) is 16.3 Å². The molecule has 1 amide bonds. The Morgan fingerprint density at radius 2 is 1.76 bits per heavy atom. The Balaban J connectivity index is 1.26. The van der Waals surface area contributed by atoms with Gasteiger partial charge in [-0.05, 0) is 114 Å². The normalized spacial score (nSPS) is 34.6. The smallest absolute Gasteiger partial charge is 0.233 e. The molecular formula is C28H37N3OS2. The zero-order valence-electron chi connectivity index (χ0n) is 20.5. The molecule has 1 atom stereocenters. The van der Waals surface area contributed by atoms with Gasteiger partial charge in [-0.2, -0.15) is 0 Å². The maximum absolute atomic E-state index is 13.2. The molecule has 2 aromatic heterocycles. The Bertz CT molecular complexity index is 1090. The minimum Gasteiger partial charge on any atom is -0.339 e. The van der Waals surface area contributed by atoms with Crippen molar-refractivity contribution in [2.24, 2.45) is 17.8 Å². The predicted molar refractivity (Wildman–Crippen MR) is 140 cm³/mol. The van der Waals surface area contributed by atoms with Gasteiger partial charge in [0.25, 0.3) is 0 Å². The molecule has 2 aromatic rings. The molecule has 1 saturated heterocycles. The van der Waals surface area contributed by atoms with E-state index in [1.165, 1.54) is 84.9 Å². The highest BCUT2D eigenvalue weighted by molar-refractivity contribution is 8.00. The van der Waals surface area contributed by atoms with Crippen molar-refractivity contribution in [3.8, 4) is 0 Å². The number of hydrogen-bond donors (Lipinski definition) is 0. The number of piperidine rings is 1. The molecule has 4 bridgehead atoms. The maximum atomic E-state index is 13.2. The average molecular weight is 496 g/mol. The number of amides is 1. The van der Waals surface area contributed by atoms with E-state index in [1.807, 2.05) is 11.3 Å². The predicted octanol–water partition coefficient (Wildman–Crippen LogP) is 6.53. The van der Waals surface area contributed by atoms with E-state index >= 15 is 0 Å². The summed E-state index contributed by atoms with van der Waals surface area (Å²) in [5.41, 5.74) is 1.71. The second-order valence-electron chi connectivity index (χ2n) is 12.2. The van der Waals surface area contributed by atoms with E-state index in [-0.39, 0.29) is 5.41 Å². The van der Waals surface area contributed by atoms with E-state index < -0.39 is 0 Å². The fourth-order valence-electron chi connectivity index (χ4n) is 8.53. The third-order valence-corrected chi connectivity index (χ3v) is 11.9. The van der Waals surface area contributed by atoms with Gasteiger partial charge in [-0.25, -0.2) is 9.97 Å². The minimum absolute atomic E-state index is 0.203. The van der Waals surface area contributed by atoms with Crippen molar-refractivity contribution in [2.45, 2.75) is 107 Å². The third kappa shape index (κ3) is 3.65. The first-order chi connectivity index (χ1) is 16.6. The number of aryl methyl sites for hydroxylation is 2. The summed E-state index contributed by atoms with van der Waals surface area (Å²) in [5, 5.41) is 2.42. The summed E-state index contributed by atoms with van der Waals surface area (Å²) in [6.45, 7) is 3.14. The van der Waals surface area contributed by atoms with E-state index in [4.69, 9.17) is 9.97 Å². The number of fused-ring (bicyclic) bond motifs is 3. The van der Waals surface area contributed by atoms with Gasteiger partial charge in [-0.15, -0.1) is 11.3 Å². The molecule has 1 aliphatic heterocycles. The van der Waals surface area contributed by atoms with Crippen molar-refractivity contribution < 1.29 is 4.79 Å². The van der Waals surface area contributed by atoms with Crippen LogP contribution in [0.25, 0.3) is 10.2 Å². The average Bonchev–Trinajstić information content (AvgIpc) is 3.20. The monoisotopic (exact) mass is 495 g/mol. The maximum Gasteiger partial charge on any atom is 0.233 e. The fraction of sp³-hybridized carbons (Fsp3) is 0.750. The fourth-order valence-corrected chi connectivity index (χ4v) is 10.8. The standard InChI is InChI=1S/C28H37N3OS2/c1-17-6-4-5-9-31(17)23(32)16-33-25-24-21-7-2-3-8-22(21)34-26(24)30-27(29-25)28-13-18-10-19(14-28)12-20(11-18)15-28/h17-20H,2-16H2,1H3/t17-,18?,19?,20?,28?/m0/s1. The van der Waals surface area contributed by atoms with Crippen LogP contribution >= 0.6 is 23.1 Å². The van der Waals surface area contributed by atoms with Crippen LogP contribution in [0.4, 0.5) is 0 Å². The molecule has 0 unspecified atom stereocenters. The van der Waals surface area contributed by atoms with Gasteiger partial charge in [0.1, 0.15) is 15.7 Å². The van der Waals surface area contributed by atoms with Crippen LogP contribution in [0.15, 0.2) is 5.03 Å². The molecule has 0 N–H and O–H groups in total. The van der Waals surface area contributed by atoms with Crippen molar-refractivity contribution in [3.63, 3.8) is 0 Å². The molecule has 4 saturated carbocycles. The van der Waals surface area contributed by atoms with Crippen LogP contribution < -0.4 is 0 Å². The van der Waals surface area contributed by atoms with Crippen LogP contribution in [0.3, 0.4) is 0 Å². The van der Waals surface area contributed by atoms with Crippen LogP contribution in [-0.2, 0) is 23.1 Å². The molecule has 0 aromatic carbocycles. The van der Waals surface area contributed by atoms with E-state index in [2.05, 4.69) is 11.8 Å². The first-order valence-corrected chi connectivity index (χ1v) is 15.6. The Morgan fingerprint density at radius 1 is 1.03 bits per heavy atom. The van der Waals surface area contributed by atoms with Gasteiger partial charge in [0.05, 0.1) is 5.75 Å². The molecule has 0 spiro atoms. The van der Waals surface area contributed by atoms with Crippen LogP contribution in [-0.4, -0.2) is 39.1 Å². The molecule has 6 aliphatic rings. The van der Waals surface area contributed by atoms with Gasteiger partial charge in [-0.1, -0.05) is 11.8 Å². The number of likely N-dealkylation sites (tertiary alicyclic amines) is 1. The van der Waals surface area contributed by atoms with Crippen LogP contribution in [0, 0.1) is 17.8 Å². The van der Waals surface area contributed by atoms with Crippen LogP contribution in [0.2, 0.25) is 0 Å². The zero-order valence-corrected chi connectivity index (χ0v) is 22.1. The Morgan fingerprint density at radius 3 is 2.50 bits per heavy atom. The number of carbonyl (C=O) groups excluding carboxylic acids is 1. The number of rotatable bonds is 4. The first kappa shape index (κ1) is 22.1. The molecule has 8 rings (SSSR count). The van der Waals surface area contributed by atoms with Gasteiger partial charge >= 0.3 is 0 Å². The SMILES string of the molecule is C[C@H]1CCCCN1C(=O)CSc1nc(C23CC4CC(CC(C4)C2)C3)nc2sc3c(c12)CCCC3. The largest absolute Gasteiger partial charge is 0.339 e. The van der Waals surface area contributed by atoms with Gasteiger partial charge in [0, 0.05) is 28.3 Å². The van der Waals surface area contributed by atoms with Crippen molar-refractivity contribution >= 4 is 39.2 Å². The highest BCUT2D eigenvalue weighted by atomic mass is 32.2. The van der Waals surface area contributed by atoms with Crippen LogP contribution in [0.1, 0.15) is 93.8 Å². The van der Waals surface area contributed by atoms with Gasteiger partial charge < -0.3 is 4.90 Å². The Labute approximate surface area is 211 Å². The molecule has 182 valence electrons. The highest BCUT2D eigenvalue weighted by Gasteiger charge is 2.53. The molecule has 3 heterocycles. The quantitative estimate of drug-likeness (QED) is 0.357. The molecule has 5 fully saturated rings. The summed E-state index contributed by atoms with van der Waals surface area (Å²) in [6, 6.07) is 0.378. The first-order valence-electron chi connectivity index (χ1n) is 13.8. The molecule has 4 nitrogen and oxygen atoms in total. The summed E-state index contributed by atoms with van der Waals surface area (Å²) < 4.78 is 0. The summed E-state index contributed by atoms with van der Waals surface area (Å²) >= 11 is 3.65.